The highest BCUT2D eigenvalue weighted by atomic mass is 32.2. The summed E-state index contributed by atoms with van der Waals surface area (Å²) in [6, 6.07) is 0. The van der Waals surface area contributed by atoms with Crippen molar-refractivity contribution in [1.82, 2.24) is 14.9 Å². The summed E-state index contributed by atoms with van der Waals surface area (Å²) in [5.74, 6) is 7.41. The van der Waals surface area contributed by atoms with Crippen LogP contribution in [-0.4, -0.2) is 33.3 Å². The van der Waals surface area contributed by atoms with E-state index in [2.05, 4.69) is 24.0 Å². The van der Waals surface area contributed by atoms with E-state index in [4.69, 9.17) is 10.6 Å². The zero-order chi connectivity index (χ0) is 13.0. The molecule has 6 heteroatoms. The lowest BCUT2D eigenvalue weighted by molar-refractivity contribution is 0.0830. The second-order valence-corrected chi connectivity index (χ2v) is 6.22. The zero-order valence-corrected chi connectivity index (χ0v) is 11.9. The van der Waals surface area contributed by atoms with Gasteiger partial charge in [-0.3, -0.25) is 0 Å². The lowest BCUT2D eigenvalue weighted by atomic mass is 10.00. The first kappa shape index (κ1) is 13.7. The highest BCUT2D eigenvalue weighted by Crippen LogP contribution is 2.29. The molecule has 2 heterocycles. The summed E-state index contributed by atoms with van der Waals surface area (Å²) >= 11 is 1.71. The highest BCUT2D eigenvalue weighted by molar-refractivity contribution is 7.99. The molecule has 0 bridgehead atoms. The van der Waals surface area contributed by atoms with E-state index in [9.17, 15) is 0 Å². The van der Waals surface area contributed by atoms with Crippen molar-refractivity contribution < 1.29 is 4.74 Å². The molecule has 1 saturated heterocycles. The van der Waals surface area contributed by atoms with E-state index in [1.54, 1.807) is 16.4 Å². The standard InChI is InChI=1S/C12H22N4OS/c1-3-4-9(2)18-12-15-14-11(16(12)13)10-5-7-17-8-6-10/h9-10H,3-8,13H2,1-2H3/t9-/m1/s1. The number of ether oxygens (including phenoxy) is 1. The first-order valence-corrected chi connectivity index (χ1v) is 7.55. The minimum atomic E-state index is 0.395. The number of thioether (sulfide) groups is 1. The van der Waals surface area contributed by atoms with Gasteiger partial charge in [0.15, 0.2) is 5.82 Å². The number of aromatic nitrogens is 3. The minimum absolute atomic E-state index is 0.395. The van der Waals surface area contributed by atoms with Gasteiger partial charge in [0.2, 0.25) is 5.16 Å². The smallest absolute Gasteiger partial charge is 0.210 e. The fourth-order valence-corrected chi connectivity index (χ4v) is 3.26. The molecule has 0 radical (unpaired) electrons. The first-order chi connectivity index (χ1) is 8.72. The highest BCUT2D eigenvalue weighted by Gasteiger charge is 2.23. The van der Waals surface area contributed by atoms with E-state index in [-0.39, 0.29) is 0 Å². The molecule has 1 aromatic rings. The van der Waals surface area contributed by atoms with E-state index >= 15 is 0 Å². The second kappa shape index (κ2) is 6.43. The van der Waals surface area contributed by atoms with Gasteiger partial charge < -0.3 is 10.6 Å². The maximum atomic E-state index is 6.11. The maximum absolute atomic E-state index is 6.11. The number of hydrogen-bond acceptors (Lipinski definition) is 5. The van der Waals surface area contributed by atoms with Crippen LogP contribution in [0.25, 0.3) is 0 Å². The molecular weight excluding hydrogens is 248 g/mol. The van der Waals surface area contributed by atoms with Gasteiger partial charge in [0.25, 0.3) is 0 Å². The minimum Gasteiger partial charge on any atom is -0.381 e. The van der Waals surface area contributed by atoms with Crippen LogP contribution in [0.4, 0.5) is 0 Å². The molecule has 1 fully saturated rings. The average molecular weight is 270 g/mol. The predicted octanol–water partition coefficient (Wildman–Crippen LogP) is 2.17. The summed E-state index contributed by atoms with van der Waals surface area (Å²) in [6.45, 7) is 5.99. The Kier molecular flexibility index (Phi) is 4.88. The Hall–Kier alpha value is -0.750. The van der Waals surface area contributed by atoms with Crippen LogP contribution in [0.15, 0.2) is 5.16 Å². The van der Waals surface area contributed by atoms with E-state index in [1.165, 1.54) is 12.8 Å². The molecule has 0 aromatic carbocycles. The largest absolute Gasteiger partial charge is 0.381 e. The van der Waals surface area contributed by atoms with Gasteiger partial charge in [0.05, 0.1) is 0 Å². The molecule has 0 unspecified atom stereocenters. The van der Waals surface area contributed by atoms with Gasteiger partial charge in [-0.2, -0.15) is 0 Å². The third-order valence-corrected chi connectivity index (χ3v) is 4.41. The van der Waals surface area contributed by atoms with Crippen molar-refractivity contribution in [2.24, 2.45) is 0 Å². The third-order valence-electron chi connectivity index (χ3n) is 3.28. The van der Waals surface area contributed by atoms with Crippen molar-refractivity contribution in [1.29, 1.82) is 0 Å². The molecule has 0 aliphatic carbocycles. The lowest BCUT2D eigenvalue weighted by Gasteiger charge is -2.20. The van der Waals surface area contributed by atoms with Crippen LogP contribution in [0, 0.1) is 0 Å². The molecular formula is C12H22N4OS. The number of nitrogen functional groups attached to an aromatic ring is 1. The molecule has 0 spiro atoms. The molecule has 1 atom stereocenters. The molecule has 2 rings (SSSR count). The fourth-order valence-electron chi connectivity index (χ4n) is 2.25. The van der Waals surface area contributed by atoms with Crippen LogP contribution in [0.2, 0.25) is 0 Å². The molecule has 102 valence electrons. The number of hydrogen-bond donors (Lipinski definition) is 1. The van der Waals surface area contributed by atoms with Crippen molar-refractivity contribution in [3.8, 4) is 0 Å². The Morgan fingerprint density at radius 3 is 2.83 bits per heavy atom. The average Bonchev–Trinajstić information content (AvgIpc) is 2.72. The van der Waals surface area contributed by atoms with Crippen molar-refractivity contribution >= 4 is 11.8 Å². The summed E-state index contributed by atoms with van der Waals surface area (Å²) in [6.07, 6.45) is 4.33. The molecule has 5 nitrogen and oxygen atoms in total. The quantitative estimate of drug-likeness (QED) is 0.656. The van der Waals surface area contributed by atoms with Gasteiger partial charge in [-0.25, -0.2) is 4.68 Å². The van der Waals surface area contributed by atoms with Crippen molar-refractivity contribution in [3.05, 3.63) is 5.82 Å². The molecule has 0 amide bonds. The van der Waals surface area contributed by atoms with Crippen LogP contribution >= 0.6 is 11.8 Å². The number of rotatable bonds is 5. The number of nitrogens with two attached hydrogens (primary N) is 1. The fraction of sp³-hybridized carbons (Fsp3) is 0.833. The predicted molar refractivity (Wildman–Crippen MR) is 73.2 cm³/mol. The van der Waals surface area contributed by atoms with Gasteiger partial charge in [0, 0.05) is 24.4 Å². The van der Waals surface area contributed by atoms with Gasteiger partial charge >= 0.3 is 0 Å². The van der Waals surface area contributed by atoms with E-state index in [0.717, 1.165) is 37.0 Å². The van der Waals surface area contributed by atoms with Crippen LogP contribution < -0.4 is 5.84 Å². The Morgan fingerprint density at radius 1 is 1.44 bits per heavy atom. The molecule has 1 aliphatic heterocycles. The molecule has 18 heavy (non-hydrogen) atoms. The zero-order valence-electron chi connectivity index (χ0n) is 11.1. The Labute approximate surface area is 112 Å². The van der Waals surface area contributed by atoms with Crippen molar-refractivity contribution in [2.45, 2.75) is 55.9 Å². The van der Waals surface area contributed by atoms with Crippen LogP contribution in [0.1, 0.15) is 51.3 Å². The molecule has 2 N–H and O–H groups in total. The van der Waals surface area contributed by atoms with E-state index in [1.807, 2.05) is 0 Å². The Morgan fingerprint density at radius 2 is 2.17 bits per heavy atom. The molecule has 1 aromatic heterocycles. The normalized spacial score (nSPS) is 19.0. The topological polar surface area (TPSA) is 66.0 Å². The van der Waals surface area contributed by atoms with Crippen LogP contribution in [0.3, 0.4) is 0 Å². The van der Waals surface area contributed by atoms with Gasteiger partial charge in [-0.05, 0) is 19.3 Å². The summed E-state index contributed by atoms with van der Waals surface area (Å²) in [5.41, 5.74) is 0. The number of nitrogens with zero attached hydrogens (tertiary/aromatic N) is 3. The Balaban J connectivity index is 2.03. The van der Waals surface area contributed by atoms with E-state index < -0.39 is 0 Å². The van der Waals surface area contributed by atoms with Crippen molar-refractivity contribution in [3.63, 3.8) is 0 Å². The monoisotopic (exact) mass is 270 g/mol. The second-order valence-electron chi connectivity index (χ2n) is 4.81. The summed E-state index contributed by atoms with van der Waals surface area (Å²) in [4.78, 5) is 0. The van der Waals surface area contributed by atoms with E-state index in [0.29, 0.717) is 11.2 Å². The van der Waals surface area contributed by atoms with Gasteiger partial charge in [0.1, 0.15) is 0 Å². The molecule has 1 aliphatic rings. The van der Waals surface area contributed by atoms with Crippen LogP contribution in [-0.2, 0) is 4.74 Å². The molecule has 0 saturated carbocycles. The SMILES string of the molecule is CCC[C@@H](C)Sc1nnc(C2CCOCC2)n1N. The van der Waals surface area contributed by atoms with Crippen molar-refractivity contribution in [2.75, 3.05) is 19.1 Å². The van der Waals surface area contributed by atoms with Gasteiger partial charge in [-0.15, -0.1) is 10.2 Å². The Bertz CT molecular complexity index is 376. The summed E-state index contributed by atoms with van der Waals surface area (Å²) in [5, 5.41) is 9.85. The maximum Gasteiger partial charge on any atom is 0.210 e. The summed E-state index contributed by atoms with van der Waals surface area (Å²) in [7, 11) is 0. The first-order valence-electron chi connectivity index (χ1n) is 6.67. The summed E-state index contributed by atoms with van der Waals surface area (Å²) < 4.78 is 7.03. The lowest BCUT2D eigenvalue weighted by Crippen LogP contribution is -2.22. The van der Waals surface area contributed by atoms with Gasteiger partial charge in [-0.1, -0.05) is 32.0 Å². The van der Waals surface area contributed by atoms with Crippen LogP contribution in [0.5, 0.6) is 0 Å². The third kappa shape index (κ3) is 3.17.